The van der Waals surface area contributed by atoms with E-state index in [1.807, 2.05) is 42.8 Å². The van der Waals surface area contributed by atoms with Crippen LogP contribution in [0, 0.1) is 0 Å². The molecule has 0 fully saturated rings. The predicted molar refractivity (Wildman–Crippen MR) is 98.5 cm³/mol. The quantitative estimate of drug-likeness (QED) is 0.495. The Kier molecular flexibility index (Phi) is 7.73. The van der Waals surface area contributed by atoms with Crippen LogP contribution in [0.1, 0.15) is 12.7 Å². The Labute approximate surface area is 157 Å². The highest BCUT2D eigenvalue weighted by Crippen LogP contribution is 2.22. The summed E-state index contributed by atoms with van der Waals surface area (Å²) in [4.78, 5) is 12.0. The molecule has 142 valence electrons. The van der Waals surface area contributed by atoms with E-state index in [-0.39, 0.29) is 17.8 Å². The van der Waals surface area contributed by atoms with Crippen LogP contribution < -0.4 is 14.8 Å². The Morgan fingerprint density at radius 3 is 2.58 bits per heavy atom. The zero-order chi connectivity index (χ0) is 18.9. The number of thioether (sulfide) groups is 1. The molecule has 0 radical (unpaired) electrons. The van der Waals surface area contributed by atoms with Gasteiger partial charge >= 0.3 is 0 Å². The summed E-state index contributed by atoms with van der Waals surface area (Å²) < 4.78 is 17.6. The second kappa shape index (κ2) is 10.0. The minimum atomic E-state index is -0.287. The maximum atomic E-state index is 12.0. The van der Waals surface area contributed by atoms with Gasteiger partial charge in [0.1, 0.15) is 18.1 Å². The number of carbonyl (C=O) groups is 1. The van der Waals surface area contributed by atoms with Crippen LogP contribution in [0.15, 0.2) is 29.4 Å². The molecule has 0 aliphatic heterocycles. The third-order valence-electron chi connectivity index (χ3n) is 3.61. The first-order valence-electron chi connectivity index (χ1n) is 8.13. The van der Waals surface area contributed by atoms with Crippen molar-refractivity contribution < 1.29 is 19.0 Å². The molecule has 0 bridgehead atoms. The van der Waals surface area contributed by atoms with Gasteiger partial charge in [0.05, 0.1) is 19.0 Å². The van der Waals surface area contributed by atoms with Gasteiger partial charge in [0, 0.05) is 20.7 Å². The van der Waals surface area contributed by atoms with E-state index < -0.39 is 0 Å². The first kappa shape index (κ1) is 20.1. The van der Waals surface area contributed by atoms with Crippen LogP contribution in [0.4, 0.5) is 0 Å². The van der Waals surface area contributed by atoms with Gasteiger partial charge in [-0.1, -0.05) is 11.8 Å². The fraction of sp³-hybridized carbons (Fsp3) is 0.471. The molecule has 0 spiro atoms. The number of nitrogens with zero attached hydrogens (tertiary/aromatic N) is 3. The molecule has 1 aromatic heterocycles. The summed E-state index contributed by atoms with van der Waals surface area (Å²) in [6.45, 7) is 3.08. The maximum absolute atomic E-state index is 12.0. The molecule has 0 saturated carbocycles. The average Bonchev–Trinajstić information content (AvgIpc) is 3.00. The van der Waals surface area contributed by atoms with Crippen LogP contribution in [-0.4, -0.2) is 53.3 Å². The van der Waals surface area contributed by atoms with Crippen molar-refractivity contribution in [2.45, 2.75) is 23.9 Å². The van der Waals surface area contributed by atoms with E-state index >= 15 is 0 Å². The lowest BCUT2D eigenvalue weighted by Gasteiger charge is -2.11. The van der Waals surface area contributed by atoms with E-state index in [9.17, 15) is 4.79 Å². The average molecular weight is 380 g/mol. The molecule has 0 aliphatic carbocycles. The van der Waals surface area contributed by atoms with Crippen molar-refractivity contribution >= 4 is 17.7 Å². The topological polar surface area (TPSA) is 87.5 Å². The molecule has 2 rings (SSSR count). The lowest BCUT2D eigenvalue weighted by atomic mass is 10.3. The molecule has 8 nitrogen and oxygen atoms in total. The van der Waals surface area contributed by atoms with Crippen LogP contribution >= 0.6 is 11.8 Å². The van der Waals surface area contributed by atoms with Gasteiger partial charge in [-0.15, -0.1) is 10.2 Å². The molecular formula is C17H24N4O4S. The smallest absolute Gasteiger partial charge is 0.233 e. The number of hydrogen-bond acceptors (Lipinski definition) is 7. The van der Waals surface area contributed by atoms with Crippen molar-refractivity contribution in [2.24, 2.45) is 7.05 Å². The molecule has 0 unspecified atom stereocenters. The van der Waals surface area contributed by atoms with Crippen molar-refractivity contribution in [1.82, 2.24) is 20.1 Å². The highest BCUT2D eigenvalue weighted by molar-refractivity contribution is 8.00. The third kappa shape index (κ3) is 5.63. The van der Waals surface area contributed by atoms with Crippen LogP contribution in [0.25, 0.3) is 0 Å². The molecule has 0 saturated heterocycles. The third-order valence-corrected chi connectivity index (χ3v) is 4.74. The van der Waals surface area contributed by atoms with E-state index in [1.165, 1.54) is 11.8 Å². The van der Waals surface area contributed by atoms with Crippen molar-refractivity contribution in [2.75, 3.05) is 27.4 Å². The van der Waals surface area contributed by atoms with Gasteiger partial charge in [0.15, 0.2) is 11.0 Å². The Balaban J connectivity index is 1.88. The number of hydrogen-bond donors (Lipinski definition) is 1. The second-order valence-electron chi connectivity index (χ2n) is 5.47. The summed E-state index contributed by atoms with van der Waals surface area (Å²) in [6, 6.07) is 7.32. The molecule has 1 heterocycles. The van der Waals surface area contributed by atoms with Gasteiger partial charge in [0.2, 0.25) is 5.91 Å². The maximum Gasteiger partial charge on any atom is 0.233 e. The van der Waals surface area contributed by atoms with Crippen molar-refractivity contribution in [3.63, 3.8) is 0 Å². The summed E-state index contributed by atoms with van der Waals surface area (Å²) in [5, 5.41) is 11.5. The fourth-order valence-corrected chi connectivity index (χ4v) is 2.88. The molecule has 9 heteroatoms. The minimum absolute atomic E-state index is 0.0638. The SMILES string of the molecule is COCCNC(=O)[C@H](C)Sc1nnc(COc2ccc(OC)cc2)n1C. The summed E-state index contributed by atoms with van der Waals surface area (Å²) in [5.41, 5.74) is 0. The zero-order valence-corrected chi connectivity index (χ0v) is 16.2. The van der Waals surface area contributed by atoms with E-state index in [2.05, 4.69) is 15.5 Å². The monoisotopic (exact) mass is 380 g/mol. The number of nitrogens with one attached hydrogen (secondary N) is 1. The summed E-state index contributed by atoms with van der Waals surface area (Å²) in [6.07, 6.45) is 0. The summed E-state index contributed by atoms with van der Waals surface area (Å²) >= 11 is 1.35. The molecule has 26 heavy (non-hydrogen) atoms. The predicted octanol–water partition coefficient (Wildman–Crippen LogP) is 1.65. The molecule has 2 aromatic rings. The van der Waals surface area contributed by atoms with Gasteiger partial charge in [-0.3, -0.25) is 4.79 Å². The van der Waals surface area contributed by atoms with Crippen LogP contribution in [0.3, 0.4) is 0 Å². The van der Waals surface area contributed by atoms with E-state index in [0.717, 1.165) is 5.75 Å². The summed E-state index contributed by atoms with van der Waals surface area (Å²) in [5.74, 6) is 2.10. The van der Waals surface area contributed by atoms with Gasteiger partial charge in [-0.05, 0) is 31.2 Å². The van der Waals surface area contributed by atoms with Crippen LogP contribution in [0.2, 0.25) is 0 Å². The lowest BCUT2D eigenvalue weighted by molar-refractivity contribution is -0.120. The molecule has 1 amide bonds. The molecule has 1 N–H and O–H groups in total. The number of carbonyl (C=O) groups excluding carboxylic acids is 1. The Bertz CT molecular complexity index is 705. The number of ether oxygens (including phenoxy) is 3. The number of methoxy groups -OCH3 is 2. The Morgan fingerprint density at radius 2 is 1.92 bits per heavy atom. The second-order valence-corrected chi connectivity index (χ2v) is 6.77. The molecule has 0 aliphatic rings. The normalized spacial score (nSPS) is 11.8. The van der Waals surface area contributed by atoms with E-state index in [1.54, 1.807) is 14.2 Å². The summed E-state index contributed by atoms with van der Waals surface area (Å²) in [7, 11) is 5.07. The Morgan fingerprint density at radius 1 is 1.23 bits per heavy atom. The van der Waals surface area contributed by atoms with E-state index in [4.69, 9.17) is 14.2 Å². The van der Waals surface area contributed by atoms with Gasteiger partial charge in [0.25, 0.3) is 0 Å². The van der Waals surface area contributed by atoms with Crippen LogP contribution in [-0.2, 0) is 23.2 Å². The lowest BCUT2D eigenvalue weighted by Crippen LogP contribution is -2.33. The highest BCUT2D eigenvalue weighted by Gasteiger charge is 2.18. The van der Waals surface area contributed by atoms with E-state index in [0.29, 0.717) is 29.9 Å². The van der Waals surface area contributed by atoms with Crippen molar-refractivity contribution in [1.29, 1.82) is 0 Å². The molecule has 1 aromatic carbocycles. The zero-order valence-electron chi connectivity index (χ0n) is 15.4. The first-order valence-corrected chi connectivity index (χ1v) is 9.01. The van der Waals surface area contributed by atoms with Gasteiger partial charge < -0.3 is 24.1 Å². The number of aromatic nitrogens is 3. The standard InChI is InChI=1S/C17H24N4O4S/c1-12(16(22)18-9-10-23-3)26-17-20-19-15(21(17)2)11-25-14-7-5-13(24-4)6-8-14/h5-8,12H,9-11H2,1-4H3,(H,18,22)/t12-/m0/s1. The van der Waals surface area contributed by atoms with Gasteiger partial charge in [-0.2, -0.15) is 0 Å². The fourth-order valence-electron chi connectivity index (χ4n) is 2.02. The number of benzene rings is 1. The largest absolute Gasteiger partial charge is 0.497 e. The first-order chi connectivity index (χ1) is 12.5. The van der Waals surface area contributed by atoms with Crippen molar-refractivity contribution in [3.05, 3.63) is 30.1 Å². The van der Waals surface area contributed by atoms with Crippen molar-refractivity contribution in [3.8, 4) is 11.5 Å². The Hall–Kier alpha value is -2.26. The number of amides is 1. The van der Waals surface area contributed by atoms with Crippen LogP contribution in [0.5, 0.6) is 11.5 Å². The highest BCUT2D eigenvalue weighted by atomic mass is 32.2. The molecule has 1 atom stereocenters. The molecular weight excluding hydrogens is 356 g/mol. The van der Waals surface area contributed by atoms with Gasteiger partial charge in [-0.25, -0.2) is 0 Å². The minimum Gasteiger partial charge on any atom is -0.497 e. The number of rotatable bonds is 10.